The van der Waals surface area contributed by atoms with Gasteiger partial charge in [0, 0.05) is 23.0 Å². The fourth-order valence-electron chi connectivity index (χ4n) is 2.79. The summed E-state index contributed by atoms with van der Waals surface area (Å²) in [6.07, 6.45) is 4.33. The maximum absolute atomic E-state index is 12.0. The summed E-state index contributed by atoms with van der Waals surface area (Å²) in [5.41, 5.74) is 1.33. The van der Waals surface area contributed by atoms with Crippen molar-refractivity contribution in [2.75, 3.05) is 13.1 Å². The average Bonchev–Trinajstić information content (AvgIpc) is 3.23. The number of nitrogens with zero attached hydrogens (tertiary/aromatic N) is 1. The van der Waals surface area contributed by atoms with Gasteiger partial charge in [0.15, 0.2) is 0 Å². The standard InChI is InChI=1S/C16H21BrN2O/c17-14-3-1-2-12(10-14)11-19-8-6-13(7-9-19)16(20)18-15-4-5-15/h1-3,10,13,15H,4-9,11H2,(H,18,20). The van der Waals surface area contributed by atoms with E-state index in [1.54, 1.807) is 0 Å². The molecule has 1 aromatic carbocycles. The van der Waals surface area contributed by atoms with Gasteiger partial charge in [-0.05, 0) is 56.5 Å². The van der Waals surface area contributed by atoms with E-state index in [0.717, 1.165) is 36.9 Å². The van der Waals surface area contributed by atoms with Gasteiger partial charge in [-0.2, -0.15) is 0 Å². The summed E-state index contributed by atoms with van der Waals surface area (Å²) < 4.78 is 1.13. The van der Waals surface area contributed by atoms with E-state index < -0.39 is 0 Å². The Balaban J connectivity index is 1.47. The van der Waals surface area contributed by atoms with Gasteiger partial charge in [-0.1, -0.05) is 28.1 Å². The van der Waals surface area contributed by atoms with E-state index in [9.17, 15) is 4.79 Å². The highest BCUT2D eigenvalue weighted by molar-refractivity contribution is 9.10. The zero-order valence-corrected chi connectivity index (χ0v) is 13.2. The molecular weight excluding hydrogens is 316 g/mol. The van der Waals surface area contributed by atoms with Crippen LogP contribution >= 0.6 is 15.9 Å². The van der Waals surface area contributed by atoms with Crippen LogP contribution in [0.3, 0.4) is 0 Å². The molecule has 2 aliphatic rings. The fraction of sp³-hybridized carbons (Fsp3) is 0.562. The van der Waals surface area contributed by atoms with Gasteiger partial charge < -0.3 is 5.32 Å². The molecule has 3 rings (SSSR count). The Morgan fingerprint density at radius 1 is 1.25 bits per heavy atom. The molecule has 0 radical (unpaired) electrons. The van der Waals surface area contributed by atoms with Crippen LogP contribution in [0.5, 0.6) is 0 Å². The van der Waals surface area contributed by atoms with Crippen molar-refractivity contribution < 1.29 is 4.79 Å². The minimum Gasteiger partial charge on any atom is -0.353 e. The number of halogens is 1. The number of nitrogens with one attached hydrogen (secondary N) is 1. The molecule has 0 aromatic heterocycles. The maximum Gasteiger partial charge on any atom is 0.223 e. The molecule has 108 valence electrons. The number of likely N-dealkylation sites (tertiary alicyclic amines) is 1. The Morgan fingerprint density at radius 2 is 2.00 bits per heavy atom. The molecule has 1 aliphatic heterocycles. The molecule has 1 N–H and O–H groups in total. The molecule has 0 atom stereocenters. The number of carbonyl (C=O) groups is 1. The van der Waals surface area contributed by atoms with E-state index in [4.69, 9.17) is 0 Å². The van der Waals surface area contributed by atoms with Gasteiger partial charge in [0.2, 0.25) is 5.91 Å². The first-order chi connectivity index (χ1) is 9.70. The maximum atomic E-state index is 12.0. The summed E-state index contributed by atoms with van der Waals surface area (Å²) >= 11 is 3.51. The zero-order chi connectivity index (χ0) is 13.9. The Labute approximate surface area is 128 Å². The van der Waals surface area contributed by atoms with Crippen molar-refractivity contribution in [1.82, 2.24) is 10.2 Å². The molecular formula is C16H21BrN2O. The lowest BCUT2D eigenvalue weighted by Crippen LogP contribution is -2.40. The summed E-state index contributed by atoms with van der Waals surface area (Å²) in [6, 6.07) is 8.96. The van der Waals surface area contributed by atoms with Crippen LogP contribution < -0.4 is 5.32 Å². The number of rotatable bonds is 4. The lowest BCUT2D eigenvalue weighted by Gasteiger charge is -2.31. The number of amides is 1. The summed E-state index contributed by atoms with van der Waals surface area (Å²) in [6.45, 7) is 3.03. The summed E-state index contributed by atoms with van der Waals surface area (Å²) in [5.74, 6) is 0.518. The lowest BCUT2D eigenvalue weighted by atomic mass is 9.95. The number of hydrogen-bond acceptors (Lipinski definition) is 2. The van der Waals surface area contributed by atoms with E-state index in [2.05, 4.69) is 50.4 Å². The summed E-state index contributed by atoms with van der Waals surface area (Å²) in [7, 11) is 0. The van der Waals surface area contributed by atoms with Gasteiger partial charge in [-0.3, -0.25) is 9.69 Å². The molecule has 1 heterocycles. The third-order valence-corrected chi connectivity index (χ3v) is 4.67. The van der Waals surface area contributed by atoms with E-state index >= 15 is 0 Å². The van der Waals surface area contributed by atoms with E-state index in [-0.39, 0.29) is 11.8 Å². The van der Waals surface area contributed by atoms with Gasteiger partial charge in [-0.25, -0.2) is 0 Å². The normalized spacial score (nSPS) is 20.9. The minimum absolute atomic E-state index is 0.231. The first-order valence-electron chi connectivity index (χ1n) is 7.48. The number of benzene rings is 1. The SMILES string of the molecule is O=C(NC1CC1)C1CCN(Cc2cccc(Br)c2)CC1. The van der Waals surface area contributed by atoms with Crippen LogP contribution in [0.15, 0.2) is 28.7 Å². The van der Waals surface area contributed by atoms with Crippen LogP contribution in [0.1, 0.15) is 31.2 Å². The van der Waals surface area contributed by atoms with Crippen molar-refractivity contribution in [2.24, 2.45) is 5.92 Å². The van der Waals surface area contributed by atoms with Crippen molar-refractivity contribution >= 4 is 21.8 Å². The van der Waals surface area contributed by atoms with Gasteiger partial charge in [0.05, 0.1) is 0 Å². The molecule has 4 heteroatoms. The molecule has 2 fully saturated rings. The van der Waals surface area contributed by atoms with Crippen molar-refractivity contribution in [3.05, 3.63) is 34.3 Å². The average molecular weight is 337 g/mol. The van der Waals surface area contributed by atoms with Gasteiger partial charge in [0.25, 0.3) is 0 Å². The number of carbonyl (C=O) groups excluding carboxylic acids is 1. The first-order valence-corrected chi connectivity index (χ1v) is 8.27. The molecule has 1 amide bonds. The monoisotopic (exact) mass is 336 g/mol. The molecule has 1 saturated heterocycles. The van der Waals surface area contributed by atoms with Crippen LogP contribution in [0.25, 0.3) is 0 Å². The number of hydrogen-bond donors (Lipinski definition) is 1. The quantitative estimate of drug-likeness (QED) is 0.916. The first kappa shape index (κ1) is 14.1. The largest absolute Gasteiger partial charge is 0.353 e. The van der Waals surface area contributed by atoms with Crippen LogP contribution in [0.4, 0.5) is 0 Å². The fourth-order valence-corrected chi connectivity index (χ4v) is 3.24. The van der Waals surface area contributed by atoms with Crippen LogP contribution in [-0.4, -0.2) is 29.9 Å². The predicted octanol–water partition coefficient (Wildman–Crippen LogP) is 2.94. The Hall–Kier alpha value is -0.870. The van der Waals surface area contributed by atoms with Crippen molar-refractivity contribution in [3.63, 3.8) is 0 Å². The highest BCUT2D eigenvalue weighted by Crippen LogP contribution is 2.23. The van der Waals surface area contributed by atoms with Crippen LogP contribution in [0, 0.1) is 5.92 Å². The molecule has 0 bridgehead atoms. The van der Waals surface area contributed by atoms with Crippen molar-refractivity contribution in [3.8, 4) is 0 Å². The third-order valence-electron chi connectivity index (χ3n) is 4.18. The molecule has 0 spiro atoms. The number of piperidine rings is 1. The lowest BCUT2D eigenvalue weighted by molar-refractivity contribution is -0.126. The molecule has 1 aliphatic carbocycles. The molecule has 20 heavy (non-hydrogen) atoms. The second-order valence-electron chi connectivity index (χ2n) is 5.96. The van der Waals surface area contributed by atoms with Gasteiger partial charge in [-0.15, -0.1) is 0 Å². The Kier molecular flexibility index (Phi) is 4.41. The summed E-state index contributed by atoms with van der Waals surface area (Å²) in [5, 5.41) is 3.13. The van der Waals surface area contributed by atoms with Crippen LogP contribution in [-0.2, 0) is 11.3 Å². The van der Waals surface area contributed by atoms with Gasteiger partial charge >= 0.3 is 0 Å². The topological polar surface area (TPSA) is 32.3 Å². The van der Waals surface area contributed by atoms with E-state index in [0.29, 0.717) is 6.04 Å². The second-order valence-corrected chi connectivity index (χ2v) is 6.88. The zero-order valence-electron chi connectivity index (χ0n) is 11.6. The smallest absolute Gasteiger partial charge is 0.223 e. The summed E-state index contributed by atoms with van der Waals surface area (Å²) in [4.78, 5) is 14.5. The predicted molar refractivity (Wildman–Crippen MR) is 83.3 cm³/mol. The Morgan fingerprint density at radius 3 is 2.65 bits per heavy atom. The second kappa shape index (κ2) is 6.27. The minimum atomic E-state index is 0.231. The molecule has 1 saturated carbocycles. The Bertz CT molecular complexity index is 479. The van der Waals surface area contributed by atoms with Crippen LogP contribution in [0.2, 0.25) is 0 Å². The van der Waals surface area contributed by atoms with E-state index in [1.165, 1.54) is 18.4 Å². The third kappa shape index (κ3) is 3.83. The highest BCUT2D eigenvalue weighted by Gasteiger charge is 2.29. The highest BCUT2D eigenvalue weighted by atomic mass is 79.9. The molecule has 1 aromatic rings. The molecule has 3 nitrogen and oxygen atoms in total. The van der Waals surface area contributed by atoms with Crippen molar-refractivity contribution in [2.45, 2.75) is 38.3 Å². The molecule has 0 unspecified atom stereocenters. The van der Waals surface area contributed by atoms with Gasteiger partial charge in [0.1, 0.15) is 0 Å². The van der Waals surface area contributed by atoms with E-state index in [1.807, 2.05) is 0 Å². The van der Waals surface area contributed by atoms with Crippen molar-refractivity contribution in [1.29, 1.82) is 0 Å².